The number of carboxylic acids is 1. The number of hydrogen-bond donors (Lipinski definition) is 1. The largest absolute Gasteiger partial charge is 0.497 e. The fourth-order valence-electron chi connectivity index (χ4n) is 5.35. The predicted molar refractivity (Wildman–Crippen MR) is 145 cm³/mol. The summed E-state index contributed by atoms with van der Waals surface area (Å²) in [6.45, 7) is 2.44. The number of rotatable bonds is 9. The molecule has 0 bridgehead atoms. The van der Waals surface area contributed by atoms with Crippen LogP contribution in [-0.2, 0) is 4.79 Å². The van der Waals surface area contributed by atoms with Crippen molar-refractivity contribution in [2.45, 2.75) is 31.7 Å². The van der Waals surface area contributed by atoms with Crippen molar-refractivity contribution in [2.75, 3.05) is 40.8 Å². The number of carboxylic acid groups (broad SMARTS) is 1. The Labute approximate surface area is 217 Å². The number of fused-ring (bicyclic) bond motifs is 1. The lowest BCUT2D eigenvalue weighted by molar-refractivity contribution is -0.139. The van der Waals surface area contributed by atoms with Crippen LogP contribution in [0.3, 0.4) is 0 Å². The van der Waals surface area contributed by atoms with Crippen LogP contribution in [0.2, 0.25) is 0 Å². The number of aromatic nitrogens is 1. The molecule has 1 N–H and O–H groups in total. The first-order chi connectivity index (χ1) is 17.4. The molecule has 1 aliphatic heterocycles. The molecule has 3 atom stereocenters. The molecule has 1 aromatic carbocycles. The summed E-state index contributed by atoms with van der Waals surface area (Å²) in [6, 6.07) is 12.4. The highest BCUT2D eigenvalue weighted by molar-refractivity contribution is 7.10. The van der Waals surface area contributed by atoms with E-state index in [1.165, 1.54) is 5.56 Å². The van der Waals surface area contributed by atoms with Gasteiger partial charge in [0.25, 0.3) is 0 Å². The molecule has 36 heavy (non-hydrogen) atoms. The van der Waals surface area contributed by atoms with E-state index in [-0.39, 0.29) is 18.4 Å². The minimum Gasteiger partial charge on any atom is -0.497 e. The maximum atomic E-state index is 11.7. The van der Waals surface area contributed by atoms with Crippen LogP contribution in [0.25, 0.3) is 10.9 Å². The van der Waals surface area contributed by atoms with Crippen LogP contribution in [0.15, 0.2) is 48.0 Å². The van der Waals surface area contributed by atoms with Gasteiger partial charge in [-0.3, -0.25) is 14.7 Å². The molecule has 0 amide bonds. The number of methoxy groups -OCH3 is 1. The van der Waals surface area contributed by atoms with Crippen LogP contribution in [0.4, 0.5) is 0 Å². The topological polar surface area (TPSA) is 65.9 Å². The molecule has 1 saturated heterocycles. The van der Waals surface area contributed by atoms with Gasteiger partial charge in [-0.1, -0.05) is 17.9 Å². The number of ether oxygens (including phenoxy) is 1. The summed E-state index contributed by atoms with van der Waals surface area (Å²) in [4.78, 5) is 21.9. The Morgan fingerprint density at radius 3 is 2.89 bits per heavy atom. The molecule has 0 spiro atoms. The molecular formula is C29H35N3O3S. The van der Waals surface area contributed by atoms with Gasteiger partial charge in [0.1, 0.15) is 5.75 Å². The highest BCUT2D eigenvalue weighted by Crippen LogP contribution is 2.36. The third-order valence-corrected chi connectivity index (χ3v) is 8.01. The first kappa shape index (κ1) is 26.2. The maximum Gasteiger partial charge on any atom is 0.303 e. The van der Waals surface area contributed by atoms with E-state index < -0.39 is 5.97 Å². The highest BCUT2D eigenvalue weighted by Gasteiger charge is 2.31. The van der Waals surface area contributed by atoms with Crippen molar-refractivity contribution in [2.24, 2.45) is 11.8 Å². The molecule has 1 unspecified atom stereocenters. The van der Waals surface area contributed by atoms with Crippen molar-refractivity contribution >= 4 is 28.2 Å². The number of thiophene rings is 1. The average Bonchev–Trinajstić information content (AvgIpc) is 3.38. The van der Waals surface area contributed by atoms with E-state index in [2.05, 4.69) is 52.9 Å². The van der Waals surface area contributed by atoms with Crippen LogP contribution < -0.4 is 4.74 Å². The van der Waals surface area contributed by atoms with E-state index in [1.54, 1.807) is 18.4 Å². The fraction of sp³-hybridized carbons (Fsp3) is 0.448. The molecule has 190 valence electrons. The molecule has 1 fully saturated rings. The lowest BCUT2D eigenvalue weighted by Gasteiger charge is -2.38. The molecule has 3 aromatic rings. The zero-order valence-electron chi connectivity index (χ0n) is 21.3. The average molecular weight is 506 g/mol. The molecule has 4 rings (SSSR count). The van der Waals surface area contributed by atoms with Crippen molar-refractivity contribution in [3.05, 3.63) is 58.4 Å². The van der Waals surface area contributed by atoms with Gasteiger partial charge in [-0.2, -0.15) is 0 Å². The number of hydrogen-bond acceptors (Lipinski definition) is 6. The molecule has 1 aliphatic rings. The van der Waals surface area contributed by atoms with E-state index >= 15 is 0 Å². The summed E-state index contributed by atoms with van der Waals surface area (Å²) in [7, 11) is 5.91. The number of likely N-dealkylation sites (tertiary alicyclic amines) is 1. The zero-order chi connectivity index (χ0) is 25.5. The van der Waals surface area contributed by atoms with Crippen LogP contribution >= 0.6 is 11.3 Å². The molecule has 6 nitrogen and oxygen atoms in total. The van der Waals surface area contributed by atoms with E-state index in [9.17, 15) is 9.90 Å². The lowest BCUT2D eigenvalue weighted by atomic mass is 9.79. The summed E-state index contributed by atoms with van der Waals surface area (Å²) in [6.07, 6.45) is 5.04. The Kier molecular flexibility index (Phi) is 8.98. The number of aliphatic carboxylic acids is 1. The van der Waals surface area contributed by atoms with Crippen LogP contribution in [-0.4, -0.2) is 66.7 Å². The highest BCUT2D eigenvalue weighted by atomic mass is 32.1. The van der Waals surface area contributed by atoms with Crippen LogP contribution in [0.1, 0.15) is 42.2 Å². The van der Waals surface area contributed by atoms with Gasteiger partial charge in [0.15, 0.2) is 0 Å². The predicted octanol–water partition coefficient (Wildman–Crippen LogP) is 5.15. The van der Waals surface area contributed by atoms with Crippen LogP contribution in [0.5, 0.6) is 5.75 Å². The van der Waals surface area contributed by atoms with E-state index in [1.807, 2.05) is 35.8 Å². The minimum atomic E-state index is -0.715. The van der Waals surface area contributed by atoms with Gasteiger partial charge in [-0.25, -0.2) is 0 Å². The first-order valence-electron chi connectivity index (χ1n) is 12.5. The maximum absolute atomic E-state index is 11.7. The smallest absolute Gasteiger partial charge is 0.303 e. The standard InChI is InChI=1S/C29H35N3O3S/c1-31(2)28(25-12-14-30-27-10-9-23(35-3)19-26(25)27)11-8-21-13-16-32(20-22(21)18-29(33)34)15-4-6-24-7-5-17-36-24/h5,7,9-10,12,14,17,19,21-22,28H,8,11,13,15-16,18,20H2,1-3H3,(H,33,34)/t21-,22+,28?/m1/s1. The number of nitrogens with zero attached hydrogens (tertiary/aromatic N) is 3. The monoisotopic (exact) mass is 505 g/mol. The molecule has 0 aliphatic carbocycles. The molecule has 0 saturated carbocycles. The molecule has 0 radical (unpaired) electrons. The van der Waals surface area contributed by atoms with Crippen molar-refractivity contribution in [3.8, 4) is 17.6 Å². The SMILES string of the molecule is COc1ccc2nccc(C(CC[C@@H]3CCN(CC#Cc4cccs4)C[C@@H]3CC(=O)O)N(C)C)c2c1. The number of carbonyl (C=O) groups is 1. The molecule has 7 heteroatoms. The first-order valence-corrected chi connectivity index (χ1v) is 13.4. The minimum absolute atomic E-state index is 0.136. The van der Waals surface area contributed by atoms with Crippen LogP contribution in [0, 0.1) is 23.7 Å². The van der Waals surface area contributed by atoms with Gasteiger partial charge < -0.3 is 14.7 Å². The normalized spacial score (nSPS) is 19.1. The second-order valence-corrected chi connectivity index (χ2v) is 10.7. The quantitative estimate of drug-likeness (QED) is 0.406. The van der Waals surface area contributed by atoms with Gasteiger partial charge >= 0.3 is 5.97 Å². The van der Waals surface area contributed by atoms with Crippen molar-refractivity contribution in [1.29, 1.82) is 0 Å². The second-order valence-electron chi connectivity index (χ2n) is 9.76. The third-order valence-electron chi connectivity index (χ3n) is 7.22. The number of benzene rings is 1. The van der Waals surface area contributed by atoms with E-state index in [0.717, 1.165) is 53.9 Å². The van der Waals surface area contributed by atoms with Gasteiger partial charge in [-0.05, 0) is 93.0 Å². The van der Waals surface area contributed by atoms with Gasteiger partial charge in [0.2, 0.25) is 0 Å². The number of pyridine rings is 1. The molecule has 3 heterocycles. The summed E-state index contributed by atoms with van der Waals surface area (Å²) in [5, 5.41) is 12.8. The van der Waals surface area contributed by atoms with Crippen molar-refractivity contribution in [3.63, 3.8) is 0 Å². The summed E-state index contributed by atoms with van der Waals surface area (Å²) >= 11 is 1.65. The lowest BCUT2D eigenvalue weighted by Crippen LogP contribution is -2.41. The Morgan fingerprint density at radius 1 is 1.31 bits per heavy atom. The summed E-state index contributed by atoms with van der Waals surface area (Å²) < 4.78 is 5.47. The summed E-state index contributed by atoms with van der Waals surface area (Å²) in [5.41, 5.74) is 2.20. The third kappa shape index (κ3) is 6.64. The Hall–Kier alpha value is -2.92. The fourth-order valence-corrected chi connectivity index (χ4v) is 5.94. The van der Waals surface area contributed by atoms with Gasteiger partial charge in [0.05, 0.1) is 24.0 Å². The Bertz CT molecular complexity index is 1220. The number of piperidine rings is 1. The Morgan fingerprint density at radius 2 is 2.17 bits per heavy atom. The Balaban J connectivity index is 1.46. The van der Waals surface area contributed by atoms with Gasteiger partial charge in [-0.15, -0.1) is 11.3 Å². The zero-order valence-corrected chi connectivity index (χ0v) is 22.1. The van der Waals surface area contributed by atoms with Crippen molar-refractivity contribution < 1.29 is 14.6 Å². The van der Waals surface area contributed by atoms with Gasteiger partial charge in [0, 0.05) is 30.6 Å². The summed E-state index contributed by atoms with van der Waals surface area (Å²) in [5.74, 6) is 7.13. The second kappa shape index (κ2) is 12.4. The van der Waals surface area contributed by atoms with Crippen molar-refractivity contribution in [1.82, 2.24) is 14.8 Å². The molecular weight excluding hydrogens is 470 g/mol. The molecule has 2 aromatic heterocycles. The van der Waals surface area contributed by atoms with E-state index in [4.69, 9.17) is 4.74 Å². The van der Waals surface area contributed by atoms with E-state index in [0.29, 0.717) is 12.5 Å².